The molecule has 2 aromatic rings. The van der Waals surface area contributed by atoms with Crippen LogP contribution in [0.25, 0.3) is 0 Å². The van der Waals surface area contributed by atoms with Gasteiger partial charge in [0.1, 0.15) is 0 Å². The van der Waals surface area contributed by atoms with Crippen LogP contribution in [-0.2, 0) is 23.7 Å². The van der Waals surface area contributed by atoms with Crippen LogP contribution in [0.2, 0.25) is 0 Å². The number of carbonyl (C=O) groups is 1. The fourth-order valence-corrected chi connectivity index (χ4v) is 2.99. The van der Waals surface area contributed by atoms with Crippen molar-refractivity contribution in [3.8, 4) is 0 Å². The number of nitrogens with two attached hydrogens (primary N) is 1. The summed E-state index contributed by atoms with van der Waals surface area (Å²) in [5, 5.41) is 17.6. The number of carbonyl (C=O) groups excluding carboxylic acids is 1. The van der Waals surface area contributed by atoms with Gasteiger partial charge in [0.2, 0.25) is 9.14 Å². The van der Waals surface area contributed by atoms with Gasteiger partial charge < -0.3 is 5.11 Å². The molecule has 0 saturated heterocycles. The lowest BCUT2D eigenvalue weighted by Gasteiger charge is -1.97. The van der Waals surface area contributed by atoms with Gasteiger partial charge in [0.05, 0.1) is 6.61 Å². The average molecular weight is 328 g/mol. The number of hydrogen-bond donors (Lipinski definition) is 2. The van der Waals surface area contributed by atoms with Crippen molar-refractivity contribution in [2.24, 2.45) is 17.2 Å². The molecule has 3 N–H and O–H groups in total. The first kappa shape index (κ1) is 15.5. The van der Waals surface area contributed by atoms with Gasteiger partial charge in [-0.3, -0.25) is 4.79 Å². The Kier molecular flexibility index (Phi) is 4.32. The highest BCUT2D eigenvalue weighted by atomic mass is 32.2. The molecule has 112 valence electrons. The summed E-state index contributed by atoms with van der Waals surface area (Å²) in [5.41, 5.74) is 0.990. The van der Waals surface area contributed by atoms with Gasteiger partial charge in [0.25, 0.3) is 15.9 Å². The molecule has 2 rings (SSSR count). The van der Waals surface area contributed by atoms with Crippen molar-refractivity contribution in [3.05, 3.63) is 40.2 Å². The molecule has 1 aromatic carbocycles. The van der Waals surface area contributed by atoms with Crippen LogP contribution < -0.4 is 9.94 Å². The summed E-state index contributed by atoms with van der Waals surface area (Å²) in [6, 6.07) is 6.26. The van der Waals surface area contributed by atoms with Crippen LogP contribution in [0, 0.1) is 0 Å². The summed E-state index contributed by atoms with van der Waals surface area (Å²) in [6.45, 7) is -0.118. The van der Waals surface area contributed by atoms with E-state index in [0.29, 0.717) is 22.5 Å². The van der Waals surface area contributed by atoms with Gasteiger partial charge >= 0.3 is 0 Å². The molecule has 1 aromatic heterocycles. The minimum absolute atomic E-state index is 0.118. The first-order valence-electron chi connectivity index (χ1n) is 5.67. The number of benzene rings is 1. The third-order valence-electron chi connectivity index (χ3n) is 2.51. The van der Waals surface area contributed by atoms with Crippen molar-refractivity contribution in [1.29, 1.82) is 0 Å². The minimum atomic E-state index is -3.93. The van der Waals surface area contributed by atoms with Crippen LogP contribution in [0.15, 0.2) is 33.6 Å². The molecule has 0 atom stereocenters. The molecule has 0 aliphatic heterocycles. The van der Waals surface area contributed by atoms with Crippen molar-refractivity contribution < 1.29 is 18.3 Å². The highest BCUT2D eigenvalue weighted by Gasteiger charge is 2.15. The predicted octanol–water partition coefficient (Wildman–Crippen LogP) is -0.638. The Balaban J connectivity index is 2.39. The highest BCUT2D eigenvalue weighted by Crippen LogP contribution is 2.07. The van der Waals surface area contributed by atoms with Gasteiger partial charge in [0.15, 0.2) is 0 Å². The second-order valence-corrected chi connectivity index (χ2v) is 6.78. The molecule has 0 aliphatic rings. The predicted molar refractivity (Wildman–Crippen MR) is 74.7 cm³/mol. The molecule has 0 aliphatic carbocycles. The number of aliphatic hydroxyl groups excluding tert-OH is 1. The maximum Gasteiger partial charge on any atom is 0.279 e. The second kappa shape index (κ2) is 5.85. The third-order valence-corrected chi connectivity index (χ3v) is 4.82. The summed E-state index contributed by atoms with van der Waals surface area (Å²) >= 11 is 0.708. The fraction of sp³-hybridized carbons (Fsp3) is 0.182. The molecule has 0 fully saturated rings. The number of aliphatic hydroxyl groups is 1. The first-order valence-corrected chi connectivity index (χ1v) is 8.03. The van der Waals surface area contributed by atoms with Crippen LogP contribution >= 0.6 is 11.3 Å². The topological polar surface area (TPSA) is 128 Å². The van der Waals surface area contributed by atoms with E-state index >= 15 is 0 Å². The molecular weight excluding hydrogens is 316 g/mol. The normalized spacial score (nSPS) is 12.6. The van der Waals surface area contributed by atoms with Gasteiger partial charge in [-0.2, -0.15) is 4.99 Å². The Morgan fingerprint density at radius 2 is 2.05 bits per heavy atom. The van der Waals surface area contributed by atoms with Crippen molar-refractivity contribution in [3.63, 3.8) is 0 Å². The quantitative estimate of drug-likeness (QED) is 0.775. The van der Waals surface area contributed by atoms with E-state index in [9.17, 15) is 13.2 Å². The Morgan fingerprint density at radius 1 is 1.43 bits per heavy atom. The van der Waals surface area contributed by atoms with E-state index in [1.54, 1.807) is 12.1 Å². The number of aryl methyl sites for hydroxylation is 1. The Bertz CT molecular complexity index is 834. The molecule has 0 bridgehead atoms. The van der Waals surface area contributed by atoms with E-state index in [2.05, 4.69) is 10.1 Å². The average Bonchev–Trinajstić information content (AvgIpc) is 2.80. The van der Waals surface area contributed by atoms with Crippen LogP contribution in [-0.4, -0.2) is 29.2 Å². The molecule has 21 heavy (non-hydrogen) atoms. The van der Waals surface area contributed by atoms with E-state index < -0.39 is 15.9 Å². The first-order chi connectivity index (χ1) is 9.81. The zero-order valence-electron chi connectivity index (χ0n) is 10.9. The van der Waals surface area contributed by atoms with Crippen molar-refractivity contribution in [2.75, 3.05) is 0 Å². The highest BCUT2D eigenvalue weighted by molar-refractivity contribution is 7.91. The minimum Gasteiger partial charge on any atom is -0.392 e. The SMILES string of the molecule is Cn1nc(S(N)(=O)=O)sc1=NC(=O)c1ccc(CO)cc1. The number of primary sulfonamides is 1. The monoisotopic (exact) mass is 328 g/mol. The van der Waals surface area contributed by atoms with Crippen LogP contribution in [0.4, 0.5) is 0 Å². The number of sulfonamides is 1. The molecule has 0 radical (unpaired) electrons. The Morgan fingerprint density at radius 3 is 2.52 bits per heavy atom. The number of aromatic nitrogens is 2. The van der Waals surface area contributed by atoms with Gasteiger partial charge in [-0.05, 0) is 17.7 Å². The maximum absolute atomic E-state index is 12.0. The molecule has 10 heteroatoms. The molecule has 0 spiro atoms. The van der Waals surface area contributed by atoms with E-state index in [1.165, 1.54) is 23.9 Å². The lowest BCUT2D eigenvalue weighted by Crippen LogP contribution is -2.15. The molecule has 1 amide bonds. The lowest BCUT2D eigenvalue weighted by atomic mass is 10.1. The van der Waals surface area contributed by atoms with E-state index in [4.69, 9.17) is 10.2 Å². The Labute approximate surface area is 124 Å². The number of nitrogens with zero attached hydrogens (tertiary/aromatic N) is 3. The number of rotatable bonds is 3. The molecule has 1 heterocycles. The van der Waals surface area contributed by atoms with Crippen molar-refractivity contribution >= 4 is 27.3 Å². The lowest BCUT2D eigenvalue weighted by molar-refractivity contribution is 0.0997. The zero-order valence-corrected chi connectivity index (χ0v) is 12.6. The summed E-state index contributed by atoms with van der Waals surface area (Å²) in [6.07, 6.45) is 0. The van der Waals surface area contributed by atoms with E-state index in [-0.39, 0.29) is 15.7 Å². The van der Waals surface area contributed by atoms with E-state index in [1.807, 2.05) is 0 Å². The summed E-state index contributed by atoms with van der Waals surface area (Å²) < 4.78 is 23.2. The van der Waals surface area contributed by atoms with E-state index in [0.717, 1.165) is 0 Å². The second-order valence-electron chi connectivity index (χ2n) is 4.09. The van der Waals surface area contributed by atoms with Crippen LogP contribution in [0.1, 0.15) is 15.9 Å². The third kappa shape index (κ3) is 3.61. The van der Waals surface area contributed by atoms with Gasteiger partial charge in [-0.1, -0.05) is 23.5 Å². The van der Waals surface area contributed by atoms with Gasteiger partial charge in [-0.15, -0.1) is 5.10 Å². The standard InChI is InChI=1S/C11H12N4O4S2/c1-15-10(20-11(14-15)21(12,18)19)13-9(17)8-4-2-7(6-16)3-5-8/h2-5,16H,6H2,1H3,(H2,12,18,19). The van der Waals surface area contributed by atoms with Crippen LogP contribution in [0.5, 0.6) is 0 Å². The zero-order chi connectivity index (χ0) is 15.6. The summed E-state index contributed by atoms with van der Waals surface area (Å²) in [7, 11) is -2.46. The molecule has 0 unspecified atom stereocenters. The van der Waals surface area contributed by atoms with Crippen molar-refractivity contribution in [1.82, 2.24) is 9.78 Å². The fourth-order valence-electron chi connectivity index (χ4n) is 1.44. The van der Waals surface area contributed by atoms with Gasteiger partial charge in [0, 0.05) is 12.6 Å². The number of amides is 1. The molecule has 8 nitrogen and oxygen atoms in total. The van der Waals surface area contributed by atoms with Crippen LogP contribution in [0.3, 0.4) is 0 Å². The Hall–Kier alpha value is -1.88. The van der Waals surface area contributed by atoms with Crippen molar-refractivity contribution in [2.45, 2.75) is 10.9 Å². The smallest absolute Gasteiger partial charge is 0.279 e. The maximum atomic E-state index is 12.0. The molecule has 0 saturated carbocycles. The summed E-state index contributed by atoms with van der Waals surface area (Å²) in [5.74, 6) is -0.542. The largest absolute Gasteiger partial charge is 0.392 e. The molecular formula is C11H12N4O4S2. The summed E-state index contributed by atoms with van der Waals surface area (Å²) in [4.78, 5) is 15.9. The van der Waals surface area contributed by atoms with Gasteiger partial charge in [-0.25, -0.2) is 18.2 Å². The number of hydrogen-bond acceptors (Lipinski definition) is 6.